The lowest BCUT2D eigenvalue weighted by atomic mass is 10.3. The van der Waals surface area contributed by atoms with Crippen molar-refractivity contribution in [3.8, 4) is 0 Å². The predicted molar refractivity (Wildman–Crippen MR) is 34.9 cm³/mol. The van der Waals surface area contributed by atoms with Crippen molar-refractivity contribution in [2.75, 3.05) is 0 Å². The van der Waals surface area contributed by atoms with Gasteiger partial charge in [-0.25, -0.2) is 0 Å². The van der Waals surface area contributed by atoms with Crippen molar-refractivity contribution in [3.05, 3.63) is 18.0 Å². The molecule has 0 saturated carbocycles. The molecule has 1 N–H and O–H groups in total. The highest BCUT2D eigenvalue weighted by molar-refractivity contribution is 5.69. The number of rotatable bonds is 2. The molecule has 0 atom stereocenters. The van der Waals surface area contributed by atoms with E-state index >= 15 is 0 Å². The minimum absolute atomic E-state index is 0.0184. The Morgan fingerprint density at radius 2 is 2.23 bits per heavy atom. The van der Waals surface area contributed by atoms with E-state index < -0.39 is 18.7 Å². The van der Waals surface area contributed by atoms with E-state index in [1.165, 1.54) is 0 Å². The van der Waals surface area contributed by atoms with Crippen LogP contribution >= 0.6 is 0 Å². The SMILES string of the molecule is O=C(O)Cc1cnn(C(F)(F)F)c1. The molecular weight excluding hydrogens is 189 g/mol. The Labute approximate surface area is 70.6 Å². The fraction of sp³-hybridized carbons (Fsp3) is 0.333. The van der Waals surface area contributed by atoms with Gasteiger partial charge in [0.2, 0.25) is 0 Å². The van der Waals surface area contributed by atoms with Crippen LogP contribution in [0.25, 0.3) is 0 Å². The summed E-state index contributed by atoms with van der Waals surface area (Å²) in [6.07, 6.45) is -3.53. The van der Waals surface area contributed by atoms with Crippen molar-refractivity contribution in [2.45, 2.75) is 12.7 Å². The Kier molecular flexibility index (Phi) is 2.26. The Bertz CT molecular complexity index is 318. The van der Waals surface area contributed by atoms with E-state index in [1.54, 1.807) is 0 Å². The molecular formula is C6H5F3N2O2. The van der Waals surface area contributed by atoms with Gasteiger partial charge in [0.1, 0.15) is 0 Å². The molecule has 1 heterocycles. The van der Waals surface area contributed by atoms with Crippen LogP contribution in [0.5, 0.6) is 0 Å². The number of aliphatic carboxylic acids is 1. The maximum absolute atomic E-state index is 11.9. The highest BCUT2D eigenvalue weighted by Gasteiger charge is 2.31. The zero-order chi connectivity index (χ0) is 10.1. The quantitative estimate of drug-likeness (QED) is 0.763. The molecule has 0 spiro atoms. The van der Waals surface area contributed by atoms with Crippen molar-refractivity contribution >= 4 is 5.97 Å². The number of alkyl halides is 3. The predicted octanol–water partition coefficient (Wildman–Crippen LogP) is 0.987. The van der Waals surface area contributed by atoms with Gasteiger partial charge in [-0.15, -0.1) is 13.2 Å². The molecule has 7 heteroatoms. The first-order chi connectivity index (χ1) is 5.89. The van der Waals surface area contributed by atoms with Gasteiger partial charge in [0.05, 0.1) is 12.6 Å². The first-order valence-electron chi connectivity index (χ1n) is 3.22. The largest absolute Gasteiger partial charge is 0.504 e. The summed E-state index contributed by atoms with van der Waals surface area (Å²) in [5.41, 5.74) is 0.0184. The van der Waals surface area contributed by atoms with Crippen LogP contribution in [-0.4, -0.2) is 20.9 Å². The summed E-state index contributed by atoms with van der Waals surface area (Å²) >= 11 is 0. The number of halogens is 3. The highest BCUT2D eigenvalue weighted by Crippen LogP contribution is 2.21. The second-order valence-electron chi connectivity index (χ2n) is 2.33. The summed E-state index contributed by atoms with van der Waals surface area (Å²) in [6, 6.07) is 0. The fourth-order valence-corrected chi connectivity index (χ4v) is 0.765. The van der Waals surface area contributed by atoms with Crippen LogP contribution in [0.2, 0.25) is 0 Å². The van der Waals surface area contributed by atoms with Crippen molar-refractivity contribution < 1.29 is 23.1 Å². The van der Waals surface area contributed by atoms with Gasteiger partial charge in [-0.05, 0) is 0 Å². The molecule has 1 aromatic heterocycles. The Morgan fingerprint density at radius 1 is 1.62 bits per heavy atom. The third-order valence-corrected chi connectivity index (χ3v) is 1.25. The van der Waals surface area contributed by atoms with Gasteiger partial charge in [0, 0.05) is 11.8 Å². The van der Waals surface area contributed by atoms with E-state index in [9.17, 15) is 18.0 Å². The van der Waals surface area contributed by atoms with E-state index in [4.69, 9.17) is 5.11 Å². The molecule has 1 aromatic rings. The molecule has 4 nitrogen and oxygen atoms in total. The Balaban J connectivity index is 2.81. The Morgan fingerprint density at radius 3 is 2.62 bits per heavy atom. The van der Waals surface area contributed by atoms with Gasteiger partial charge in [0.15, 0.2) is 0 Å². The molecule has 0 amide bonds. The smallest absolute Gasteiger partial charge is 0.481 e. The molecule has 0 fully saturated rings. The van der Waals surface area contributed by atoms with Gasteiger partial charge < -0.3 is 5.11 Å². The third kappa shape index (κ3) is 2.46. The standard InChI is InChI=1S/C6H5F3N2O2/c7-6(8,9)11-3-4(2-10-11)1-5(12)13/h2-3H,1H2,(H,12,13). The third-order valence-electron chi connectivity index (χ3n) is 1.25. The number of hydrogen-bond acceptors (Lipinski definition) is 2. The molecule has 1 rings (SSSR count). The molecule has 13 heavy (non-hydrogen) atoms. The average Bonchev–Trinajstić information content (AvgIpc) is 2.32. The monoisotopic (exact) mass is 194 g/mol. The average molecular weight is 194 g/mol. The number of nitrogens with zero attached hydrogens (tertiary/aromatic N) is 2. The summed E-state index contributed by atoms with van der Waals surface area (Å²) in [5, 5.41) is 11.2. The minimum Gasteiger partial charge on any atom is -0.481 e. The lowest BCUT2D eigenvalue weighted by Crippen LogP contribution is -2.16. The molecule has 0 bridgehead atoms. The molecule has 0 aliphatic heterocycles. The summed E-state index contributed by atoms with van der Waals surface area (Å²) in [5.74, 6) is -1.19. The lowest BCUT2D eigenvalue weighted by Gasteiger charge is -2.03. The number of carboxylic acid groups (broad SMARTS) is 1. The van der Waals surface area contributed by atoms with Gasteiger partial charge in [-0.3, -0.25) is 4.79 Å². The Hall–Kier alpha value is -1.53. The van der Waals surface area contributed by atoms with E-state index in [-0.39, 0.29) is 10.2 Å². The van der Waals surface area contributed by atoms with Crippen LogP contribution in [-0.2, 0) is 17.5 Å². The molecule has 0 aliphatic carbocycles. The first-order valence-corrected chi connectivity index (χ1v) is 3.22. The molecule has 72 valence electrons. The number of hydrogen-bond donors (Lipinski definition) is 1. The number of aromatic nitrogens is 2. The van der Waals surface area contributed by atoms with Crippen LogP contribution < -0.4 is 0 Å². The van der Waals surface area contributed by atoms with E-state index in [2.05, 4.69) is 5.10 Å². The van der Waals surface area contributed by atoms with E-state index in [0.29, 0.717) is 6.20 Å². The second kappa shape index (κ2) is 3.08. The van der Waals surface area contributed by atoms with Gasteiger partial charge in [0.25, 0.3) is 0 Å². The lowest BCUT2D eigenvalue weighted by molar-refractivity contribution is -0.212. The van der Waals surface area contributed by atoms with Gasteiger partial charge in [-0.1, -0.05) is 0 Å². The van der Waals surface area contributed by atoms with E-state index in [1.807, 2.05) is 0 Å². The van der Waals surface area contributed by atoms with Crippen LogP contribution in [0.15, 0.2) is 12.4 Å². The molecule has 0 saturated heterocycles. The van der Waals surface area contributed by atoms with Crippen molar-refractivity contribution in [3.63, 3.8) is 0 Å². The fourth-order valence-electron chi connectivity index (χ4n) is 0.765. The normalized spacial score (nSPS) is 11.6. The molecule has 0 unspecified atom stereocenters. The second-order valence-corrected chi connectivity index (χ2v) is 2.33. The minimum atomic E-state index is -4.59. The van der Waals surface area contributed by atoms with E-state index in [0.717, 1.165) is 6.20 Å². The summed E-state index contributed by atoms with van der Waals surface area (Å²) < 4.78 is 35.4. The zero-order valence-corrected chi connectivity index (χ0v) is 6.25. The number of carbonyl (C=O) groups is 1. The van der Waals surface area contributed by atoms with Gasteiger partial charge in [-0.2, -0.15) is 9.78 Å². The number of carboxylic acids is 1. The summed E-state index contributed by atoms with van der Waals surface area (Å²) in [6.45, 7) is 0. The highest BCUT2D eigenvalue weighted by atomic mass is 19.4. The van der Waals surface area contributed by atoms with Crippen molar-refractivity contribution in [1.29, 1.82) is 0 Å². The van der Waals surface area contributed by atoms with Crippen molar-refractivity contribution in [1.82, 2.24) is 9.78 Å². The summed E-state index contributed by atoms with van der Waals surface area (Å²) in [4.78, 5) is 10.1. The maximum Gasteiger partial charge on any atom is 0.504 e. The molecule has 0 aliphatic rings. The van der Waals surface area contributed by atoms with Crippen molar-refractivity contribution in [2.24, 2.45) is 0 Å². The molecule has 0 radical (unpaired) electrons. The topological polar surface area (TPSA) is 55.1 Å². The van der Waals surface area contributed by atoms with Crippen LogP contribution in [0.1, 0.15) is 5.56 Å². The van der Waals surface area contributed by atoms with Crippen LogP contribution in [0.3, 0.4) is 0 Å². The molecule has 0 aromatic carbocycles. The maximum atomic E-state index is 11.9. The summed E-state index contributed by atoms with van der Waals surface area (Å²) in [7, 11) is 0. The van der Waals surface area contributed by atoms with Crippen LogP contribution in [0.4, 0.5) is 13.2 Å². The van der Waals surface area contributed by atoms with Crippen LogP contribution in [0, 0.1) is 0 Å². The first kappa shape index (κ1) is 9.56. The van der Waals surface area contributed by atoms with Gasteiger partial charge >= 0.3 is 12.3 Å². The zero-order valence-electron chi connectivity index (χ0n) is 6.25.